The van der Waals surface area contributed by atoms with E-state index in [0.717, 1.165) is 4.88 Å². The summed E-state index contributed by atoms with van der Waals surface area (Å²) in [6.07, 6.45) is 3.22. The quantitative estimate of drug-likeness (QED) is 0.546. The minimum absolute atomic E-state index is 0.117. The molecule has 4 heteroatoms. The largest absolute Gasteiger partial charge is 0.322 e. The summed E-state index contributed by atoms with van der Waals surface area (Å²) in [6.45, 7) is 0. The van der Waals surface area contributed by atoms with Gasteiger partial charge in [-0.15, -0.1) is 11.3 Å². The maximum absolute atomic E-state index is 12.6. The number of benzene rings is 2. The lowest BCUT2D eigenvalue weighted by molar-refractivity contribution is -0.111. The number of rotatable bonds is 5. The molecule has 118 valence electrons. The van der Waals surface area contributed by atoms with E-state index in [1.807, 2.05) is 35.7 Å². The second-order valence-electron chi connectivity index (χ2n) is 5.08. The van der Waals surface area contributed by atoms with Crippen LogP contribution < -0.4 is 5.32 Å². The van der Waals surface area contributed by atoms with Gasteiger partial charge in [0.1, 0.15) is 0 Å². The standard InChI is InChI=1S/C20H15NO2S/c22-19(13-12-16-9-6-14-24-16)21-18-11-5-4-10-17(18)20(23)15-7-2-1-3-8-15/h1-14H,(H,21,22)/b13-12+. The van der Waals surface area contributed by atoms with Gasteiger partial charge in [-0.25, -0.2) is 0 Å². The summed E-state index contributed by atoms with van der Waals surface area (Å²) < 4.78 is 0. The van der Waals surface area contributed by atoms with Crippen molar-refractivity contribution in [3.8, 4) is 0 Å². The lowest BCUT2D eigenvalue weighted by Crippen LogP contribution is -2.12. The van der Waals surface area contributed by atoms with Crippen molar-refractivity contribution in [2.75, 3.05) is 5.32 Å². The van der Waals surface area contributed by atoms with Crippen molar-refractivity contribution < 1.29 is 9.59 Å². The summed E-state index contributed by atoms with van der Waals surface area (Å²) in [5.41, 5.74) is 1.57. The van der Waals surface area contributed by atoms with E-state index in [-0.39, 0.29) is 11.7 Å². The molecule has 24 heavy (non-hydrogen) atoms. The van der Waals surface area contributed by atoms with E-state index in [9.17, 15) is 9.59 Å². The van der Waals surface area contributed by atoms with E-state index >= 15 is 0 Å². The van der Waals surface area contributed by atoms with Crippen molar-refractivity contribution >= 4 is 34.8 Å². The van der Waals surface area contributed by atoms with Gasteiger partial charge in [0, 0.05) is 22.1 Å². The number of amides is 1. The van der Waals surface area contributed by atoms with E-state index in [0.29, 0.717) is 16.8 Å². The molecule has 2 aromatic carbocycles. The predicted octanol–water partition coefficient (Wildman–Crippen LogP) is 4.63. The highest BCUT2D eigenvalue weighted by molar-refractivity contribution is 7.10. The van der Waals surface area contributed by atoms with Gasteiger partial charge in [0.25, 0.3) is 0 Å². The molecule has 3 aromatic rings. The van der Waals surface area contributed by atoms with Crippen molar-refractivity contribution in [2.45, 2.75) is 0 Å². The molecule has 0 unspecified atom stereocenters. The summed E-state index contributed by atoms with van der Waals surface area (Å²) in [5.74, 6) is -0.384. The Morgan fingerprint density at radius 3 is 2.38 bits per heavy atom. The van der Waals surface area contributed by atoms with E-state index in [1.54, 1.807) is 53.8 Å². The van der Waals surface area contributed by atoms with Crippen molar-refractivity contribution in [1.29, 1.82) is 0 Å². The Labute approximate surface area is 144 Å². The average Bonchev–Trinajstić information content (AvgIpc) is 3.14. The molecule has 0 aliphatic rings. The van der Waals surface area contributed by atoms with Crippen LogP contribution >= 0.6 is 11.3 Å². The van der Waals surface area contributed by atoms with E-state index in [4.69, 9.17) is 0 Å². The maximum Gasteiger partial charge on any atom is 0.248 e. The van der Waals surface area contributed by atoms with Crippen molar-refractivity contribution in [3.63, 3.8) is 0 Å². The van der Waals surface area contributed by atoms with Crippen molar-refractivity contribution in [3.05, 3.63) is 94.2 Å². The molecule has 0 aliphatic heterocycles. The molecule has 0 atom stereocenters. The normalized spacial score (nSPS) is 10.7. The van der Waals surface area contributed by atoms with Gasteiger partial charge >= 0.3 is 0 Å². The number of hydrogen-bond donors (Lipinski definition) is 1. The van der Waals surface area contributed by atoms with Crippen LogP contribution in [-0.2, 0) is 4.79 Å². The van der Waals surface area contributed by atoms with Gasteiger partial charge in [-0.3, -0.25) is 9.59 Å². The number of para-hydroxylation sites is 1. The fourth-order valence-electron chi connectivity index (χ4n) is 2.25. The molecule has 0 radical (unpaired) electrons. The van der Waals surface area contributed by atoms with Crippen LogP contribution in [0.25, 0.3) is 6.08 Å². The topological polar surface area (TPSA) is 46.2 Å². The zero-order valence-electron chi connectivity index (χ0n) is 12.8. The highest BCUT2D eigenvalue weighted by Crippen LogP contribution is 2.19. The number of hydrogen-bond acceptors (Lipinski definition) is 3. The number of nitrogens with one attached hydrogen (secondary N) is 1. The fraction of sp³-hybridized carbons (Fsp3) is 0. The third-order valence-corrected chi connectivity index (χ3v) is 4.25. The van der Waals surface area contributed by atoms with Gasteiger partial charge in [-0.1, -0.05) is 48.5 Å². The first kappa shape index (κ1) is 15.9. The average molecular weight is 333 g/mol. The first-order chi connectivity index (χ1) is 11.7. The van der Waals surface area contributed by atoms with Crippen LogP contribution in [0, 0.1) is 0 Å². The Hall–Kier alpha value is -2.98. The van der Waals surface area contributed by atoms with Gasteiger partial charge < -0.3 is 5.32 Å². The van der Waals surface area contributed by atoms with Crippen LogP contribution in [-0.4, -0.2) is 11.7 Å². The molecule has 1 aromatic heterocycles. The molecule has 0 saturated carbocycles. The van der Waals surface area contributed by atoms with Crippen LogP contribution in [0.3, 0.4) is 0 Å². The molecular formula is C20H15NO2S. The minimum Gasteiger partial charge on any atom is -0.322 e. The van der Waals surface area contributed by atoms with Crippen LogP contribution in [0.5, 0.6) is 0 Å². The van der Waals surface area contributed by atoms with Crippen LogP contribution in [0.15, 0.2) is 78.2 Å². The predicted molar refractivity (Wildman–Crippen MR) is 98.3 cm³/mol. The first-order valence-electron chi connectivity index (χ1n) is 7.45. The summed E-state index contributed by atoms with van der Waals surface area (Å²) in [7, 11) is 0. The fourth-order valence-corrected chi connectivity index (χ4v) is 2.87. The lowest BCUT2D eigenvalue weighted by atomic mass is 10.0. The van der Waals surface area contributed by atoms with Crippen LogP contribution in [0.4, 0.5) is 5.69 Å². The molecule has 0 bridgehead atoms. The smallest absolute Gasteiger partial charge is 0.248 e. The molecular weight excluding hydrogens is 318 g/mol. The Morgan fingerprint density at radius 2 is 1.62 bits per heavy atom. The first-order valence-corrected chi connectivity index (χ1v) is 8.33. The van der Waals surface area contributed by atoms with Crippen molar-refractivity contribution in [2.24, 2.45) is 0 Å². The van der Waals surface area contributed by atoms with Crippen molar-refractivity contribution in [1.82, 2.24) is 0 Å². The second-order valence-corrected chi connectivity index (χ2v) is 6.06. The van der Waals surface area contributed by atoms with Gasteiger partial charge in [0.05, 0.1) is 5.69 Å². The SMILES string of the molecule is O=C(/C=C/c1cccs1)Nc1ccccc1C(=O)c1ccccc1. The van der Waals surface area contributed by atoms with E-state index in [1.165, 1.54) is 6.08 Å². The van der Waals surface area contributed by atoms with Gasteiger partial charge in [-0.2, -0.15) is 0 Å². The molecule has 1 N–H and O–H groups in total. The number of ketones is 1. The van der Waals surface area contributed by atoms with Gasteiger partial charge in [0.2, 0.25) is 5.91 Å². The van der Waals surface area contributed by atoms with Crippen LogP contribution in [0.1, 0.15) is 20.8 Å². The summed E-state index contributed by atoms with van der Waals surface area (Å²) in [5, 5.41) is 4.73. The number of anilines is 1. The van der Waals surface area contributed by atoms with E-state index < -0.39 is 0 Å². The zero-order valence-corrected chi connectivity index (χ0v) is 13.6. The Morgan fingerprint density at radius 1 is 0.875 bits per heavy atom. The van der Waals surface area contributed by atoms with Crippen LogP contribution in [0.2, 0.25) is 0 Å². The Balaban J connectivity index is 1.79. The molecule has 1 amide bonds. The highest BCUT2D eigenvalue weighted by atomic mass is 32.1. The summed E-state index contributed by atoms with van der Waals surface area (Å²) in [4.78, 5) is 25.7. The minimum atomic E-state index is -0.267. The third kappa shape index (κ3) is 3.86. The molecule has 3 nitrogen and oxygen atoms in total. The molecule has 0 fully saturated rings. The monoisotopic (exact) mass is 333 g/mol. The zero-order chi connectivity index (χ0) is 16.8. The van der Waals surface area contributed by atoms with E-state index in [2.05, 4.69) is 5.32 Å². The molecule has 0 aliphatic carbocycles. The third-order valence-electron chi connectivity index (χ3n) is 3.41. The second kappa shape index (κ2) is 7.53. The van der Waals surface area contributed by atoms with Gasteiger partial charge in [0.15, 0.2) is 5.78 Å². The Kier molecular flexibility index (Phi) is 4.99. The van der Waals surface area contributed by atoms with Gasteiger partial charge in [-0.05, 0) is 29.7 Å². The molecule has 0 saturated heterocycles. The number of carbonyl (C=O) groups excluding carboxylic acids is 2. The maximum atomic E-state index is 12.6. The number of carbonyl (C=O) groups is 2. The summed E-state index contributed by atoms with van der Waals surface area (Å²) in [6, 6.07) is 19.9. The number of thiophene rings is 1. The summed E-state index contributed by atoms with van der Waals surface area (Å²) >= 11 is 1.56. The lowest BCUT2D eigenvalue weighted by Gasteiger charge is -2.09. The molecule has 0 spiro atoms. The molecule has 1 heterocycles. The highest BCUT2D eigenvalue weighted by Gasteiger charge is 2.13. The Bertz CT molecular complexity index is 868. The molecule has 3 rings (SSSR count).